The van der Waals surface area contributed by atoms with Crippen molar-refractivity contribution >= 4 is 17.2 Å². The molecule has 1 aliphatic heterocycles. The molecule has 0 spiro atoms. The smallest absolute Gasteiger partial charge is 0.269 e. The number of nitro groups is 1. The molecule has 7 heteroatoms. The average Bonchev–Trinajstić information content (AvgIpc) is 2.61. The molecule has 1 fully saturated rings. The van der Waals surface area contributed by atoms with Gasteiger partial charge in [-0.05, 0) is 30.5 Å². The molecule has 1 saturated heterocycles. The van der Waals surface area contributed by atoms with Crippen LogP contribution in [0.3, 0.4) is 0 Å². The molecule has 7 nitrogen and oxygen atoms in total. The Morgan fingerprint density at radius 3 is 2.62 bits per heavy atom. The van der Waals surface area contributed by atoms with Crippen LogP contribution < -0.4 is 10.2 Å². The fourth-order valence-corrected chi connectivity index (χ4v) is 2.80. The van der Waals surface area contributed by atoms with Crippen LogP contribution in [0.1, 0.15) is 18.4 Å². The third-order valence-corrected chi connectivity index (χ3v) is 4.18. The van der Waals surface area contributed by atoms with Crippen LogP contribution in [0.15, 0.2) is 42.6 Å². The molecule has 2 N–H and O–H groups in total. The standard InChI is InChI=1S/C17H20N4O3/c22-15-7-10-20(11-8-15)17-16(2-1-9-18-17)19-12-13-3-5-14(6-4-13)21(23)24/h1-6,9,15,19,22H,7-8,10-12H2. The maximum Gasteiger partial charge on any atom is 0.269 e. The molecule has 0 atom stereocenters. The molecule has 0 bridgehead atoms. The van der Waals surface area contributed by atoms with E-state index in [-0.39, 0.29) is 11.8 Å². The first-order valence-corrected chi connectivity index (χ1v) is 7.99. The van der Waals surface area contributed by atoms with Gasteiger partial charge in [0.15, 0.2) is 5.82 Å². The molecule has 0 saturated carbocycles. The Bertz CT molecular complexity index is 697. The number of nitrogens with zero attached hydrogens (tertiary/aromatic N) is 3. The molecule has 1 aliphatic rings. The number of nitro benzene ring substituents is 1. The normalized spacial score (nSPS) is 15.3. The molecule has 1 aromatic heterocycles. The second-order valence-corrected chi connectivity index (χ2v) is 5.87. The fourth-order valence-electron chi connectivity index (χ4n) is 2.80. The summed E-state index contributed by atoms with van der Waals surface area (Å²) in [6.45, 7) is 2.13. The van der Waals surface area contributed by atoms with E-state index in [9.17, 15) is 15.2 Å². The Hall–Kier alpha value is -2.67. The van der Waals surface area contributed by atoms with Gasteiger partial charge in [-0.15, -0.1) is 0 Å². The number of aromatic nitrogens is 1. The topological polar surface area (TPSA) is 91.5 Å². The summed E-state index contributed by atoms with van der Waals surface area (Å²) in [5.74, 6) is 0.881. The lowest BCUT2D eigenvalue weighted by Gasteiger charge is -2.31. The highest BCUT2D eigenvalue weighted by Crippen LogP contribution is 2.26. The van der Waals surface area contributed by atoms with Gasteiger partial charge >= 0.3 is 0 Å². The molecule has 1 aromatic carbocycles. The largest absolute Gasteiger partial charge is 0.393 e. The van der Waals surface area contributed by atoms with E-state index in [0.717, 1.165) is 43.0 Å². The molecule has 126 valence electrons. The summed E-state index contributed by atoms with van der Waals surface area (Å²) in [4.78, 5) is 16.9. The fraction of sp³-hybridized carbons (Fsp3) is 0.353. The van der Waals surface area contributed by atoms with Gasteiger partial charge in [0.1, 0.15) is 0 Å². The first kappa shape index (κ1) is 16.2. The molecule has 3 rings (SSSR count). The Kier molecular flexibility index (Phi) is 4.90. The van der Waals surface area contributed by atoms with Crippen LogP contribution in [-0.2, 0) is 6.54 Å². The second-order valence-electron chi connectivity index (χ2n) is 5.87. The van der Waals surface area contributed by atoms with E-state index in [1.54, 1.807) is 18.3 Å². The van der Waals surface area contributed by atoms with Gasteiger partial charge in [0, 0.05) is 38.0 Å². The molecule has 24 heavy (non-hydrogen) atoms. The van der Waals surface area contributed by atoms with Crippen LogP contribution in [0.2, 0.25) is 0 Å². The Labute approximate surface area is 140 Å². The number of non-ortho nitro benzene ring substituents is 1. The summed E-state index contributed by atoms with van der Waals surface area (Å²) in [5, 5.41) is 23.7. The summed E-state index contributed by atoms with van der Waals surface area (Å²) in [7, 11) is 0. The molecule has 0 radical (unpaired) electrons. The van der Waals surface area contributed by atoms with Gasteiger partial charge < -0.3 is 15.3 Å². The van der Waals surface area contributed by atoms with Gasteiger partial charge in [0.25, 0.3) is 5.69 Å². The minimum Gasteiger partial charge on any atom is -0.393 e. The van der Waals surface area contributed by atoms with Crippen molar-refractivity contribution in [2.24, 2.45) is 0 Å². The second kappa shape index (κ2) is 7.27. The van der Waals surface area contributed by atoms with Gasteiger partial charge in [-0.25, -0.2) is 4.98 Å². The van der Waals surface area contributed by atoms with Crippen molar-refractivity contribution in [1.29, 1.82) is 0 Å². The zero-order valence-electron chi connectivity index (χ0n) is 13.3. The number of aliphatic hydroxyl groups excluding tert-OH is 1. The Morgan fingerprint density at radius 2 is 1.96 bits per heavy atom. The van der Waals surface area contributed by atoms with E-state index >= 15 is 0 Å². The van der Waals surface area contributed by atoms with Crippen molar-refractivity contribution in [3.05, 3.63) is 58.3 Å². The van der Waals surface area contributed by atoms with Crippen LogP contribution >= 0.6 is 0 Å². The lowest BCUT2D eigenvalue weighted by molar-refractivity contribution is -0.384. The predicted octanol–water partition coefficient (Wildman–Crippen LogP) is 2.56. The zero-order chi connectivity index (χ0) is 16.9. The first-order valence-electron chi connectivity index (χ1n) is 7.99. The van der Waals surface area contributed by atoms with Gasteiger partial charge in [0.2, 0.25) is 0 Å². The van der Waals surface area contributed by atoms with Crippen molar-refractivity contribution in [1.82, 2.24) is 4.98 Å². The van der Waals surface area contributed by atoms with E-state index < -0.39 is 4.92 Å². The lowest BCUT2D eigenvalue weighted by atomic mass is 10.1. The van der Waals surface area contributed by atoms with Crippen molar-refractivity contribution in [3.63, 3.8) is 0 Å². The molecular weight excluding hydrogens is 308 g/mol. The van der Waals surface area contributed by atoms with E-state index in [4.69, 9.17) is 0 Å². The van der Waals surface area contributed by atoms with E-state index in [2.05, 4.69) is 15.2 Å². The molecule has 2 heterocycles. The summed E-state index contributed by atoms with van der Waals surface area (Å²) < 4.78 is 0. The number of piperidine rings is 1. The number of rotatable bonds is 5. The molecule has 0 amide bonds. The summed E-state index contributed by atoms with van der Waals surface area (Å²) in [6.07, 6.45) is 3.04. The van der Waals surface area contributed by atoms with E-state index in [0.29, 0.717) is 6.54 Å². The van der Waals surface area contributed by atoms with Gasteiger partial charge in [-0.2, -0.15) is 0 Å². The zero-order valence-corrected chi connectivity index (χ0v) is 13.3. The molecular formula is C17H20N4O3. The summed E-state index contributed by atoms with van der Waals surface area (Å²) >= 11 is 0. The monoisotopic (exact) mass is 328 g/mol. The van der Waals surface area contributed by atoms with Crippen molar-refractivity contribution in [3.8, 4) is 0 Å². The minimum absolute atomic E-state index is 0.0905. The van der Waals surface area contributed by atoms with Crippen LogP contribution in [-0.4, -0.2) is 34.2 Å². The lowest BCUT2D eigenvalue weighted by Crippen LogP contribution is -2.36. The average molecular weight is 328 g/mol. The van der Waals surface area contributed by atoms with Gasteiger partial charge in [-0.1, -0.05) is 12.1 Å². The maximum atomic E-state index is 10.7. The number of hydrogen-bond acceptors (Lipinski definition) is 6. The van der Waals surface area contributed by atoms with Gasteiger partial charge in [-0.3, -0.25) is 10.1 Å². The predicted molar refractivity (Wildman–Crippen MR) is 92.1 cm³/mol. The highest BCUT2D eigenvalue weighted by atomic mass is 16.6. The van der Waals surface area contributed by atoms with Gasteiger partial charge in [0.05, 0.1) is 16.7 Å². The Morgan fingerprint density at radius 1 is 1.25 bits per heavy atom. The van der Waals surface area contributed by atoms with Crippen molar-refractivity contribution in [2.45, 2.75) is 25.5 Å². The van der Waals surface area contributed by atoms with E-state index in [1.807, 2.05) is 12.1 Å². The molecule has 0 aliphatic carbocycles. The number of aliphatic hydroxyl groups is 1. The quantitative estimate of drug-likeness (QED) is 0.647. The summed E-state index contributed by atoms with van der Waals surface area (Å²) in [5.41, 5.74) is 1.98. The third-order valence-electron chi connectivity index (χ3n) is 4.18. The highest BCUT2D eigenvalue weighted by Gasteiger charge is 2.20. The van der Waals surface area contributed by atoms with Crippen LogP contribution in [0, 0.1) is 10.1 Å². The number of nitrogens with one attached hydrogen (secondary N) is 1. The number of benzene rings is 1. The molecule has 2 aromatic rings. The van der Waals surface area contributed by atoms with Crippen LogP contribution in [0.25, 0.3) is 0 Å². The third kappa shape index (κ3) is 3.80. The number of anilines is 2. The summed E-state index contributed by atoms with van der Waals surface area (Å²) in [6, 6.07) is 10.4. The van der Waals surface area contributed by atoms with Crippen molar-refractivity contribution in [2.75, 3.05) is 23.3 Å². The Balaban J connectivity index is 1.68. The van der Waals surface area contributed by atoms with Crippen LogP contribution in [0.5, 0.6) is 0 Å². The number of pyridine rings is 1. The highest BCUT2D eigenvalue weighted by molar-refractivity contribution is 5.65. The van der Waals surface area contributed by atoms with Crippen LogP contribution in [0.4, 0.5) is 17.2 Å². The SMILES string of the molecule is O=[N+]([O-])c1ccc(CNc2cccnc2N2CCC(O)CC2)cc1. The van der Waals surface area contributed by atoms with Crippen molar-refractivity contribution < 1.29 is 10.0 Å². The first-order chi connectivity index (χ1) is 11.6. The number of hydrogen-bond donors (Lipinski definition) is 2. The van der Waals surface area contributed by atoms with E-state index in [1.165, 1.54) is 12.1 Å². The minimum atomic E-state index is -0.402. The maximum absolute atomic E-state index is 10.7. The molecule has 0 unspecified atom stereocenters.